The first-order valence-corrected chi connectivity index (χ1v) is 6.30. The second-order valence-corrected chi connectivity index (χ2v) is 4.18. The topological polar surface area (TPSA) is 83.3 Å². The molecule has 0 saturated carbocycles. The van der Waals surface area contributed by atoms with Gasteiger partial charge in [0, 0.05) is 18.3 Å². The van der Waals surface area contributed by atoms with Crippen molar-refractivity contribution in [1.82, 2.24) is 10.2 Å². The number of ether oxygens (including phenoxy) is 1. The van der Waals surface area contributed by atoms with Crippen molar-refractivity contribution in [2.45, 2.75) is 13.0 Å². The minimum atomic E-state index is -0.872. The molecule has 0 aliphatic carbocycles. The molecule has 2 rings (SSSR count). The van der Waals surface area contributed by atoms with E-state index in [2.05, 4.69) is 15.5 Å². The molecule has 2 aromatic rings. The molecule has 7 heteroatoms. The molecule has 0 spiro atoms. The Labute approximate surface area is 115 Å². The summed E-state index contributed by atoms with van der Waals surface area (Å²) in [6, 6.07) is 7.49. The average molecular weight is 281 g/mol. The fourth-order valence-corrected chi connectivity index (χ4v) is 1.68. The molecular formula is C12H15N3O3S. The summed E-state index contributed by atoms with van der Waals surface area (Å²) >= 11 is 4.74. The predicted octanol–water partition coefficient (Wildman–Crippen LogP) is 2.28. The molecule has 19 heavy (non-hydrogen) atoms. The third-order valence-electron chi connectivity index (χ3n) is 2.38. The van der Waals surface area contributed by atoms with Gasteiger partial charge in [-0.1, -0.05) is 6.07 Å². The summed E-state index contributed by atoms with van der Waals surface area (Å²) in [5, 5.41) is 19.2. The molecule has 0 saturated heterocycles. The molecule has 102 valence electrons. The third kappa shape index (κ3) is 3.80. The quantitative estimate of drug-likeness (QED) is 0.705. The van der Waals surface area contributed by atoms with E-state index in [1.54, 1.807) is 0 Å². The number of H-pyrrole nitrogens is 1. The Kier molecular flexibility index (Phi) is 4.53. The van der Waals surface area contributed by atoms with Crippen LogP contribution in [-0.2, 0) is 0 Å². The van der Waals surface area contributed by atoms with Gasteiger partial charge in [-0.2, -0.15) is 0 Å². The molecule has 1 aromatic heterocycles. The minimum absolute atomic E-state index is 0.146. The lowest BCUT2D eigenvalue weighted by Gasteiger charge is -2.10. The monoisotopic (exact) mass is 281 g/mol. The highest BCUT2D eigenvalue weighted by Gasteiger charge is 2.13. The van der Waals surface area contributed by atoms with E-state index >= 15 is 0 Å². The molecule has 0 aliphatic rings. The van der Waals surface area contributed by atoms with Gasteiger partial charge in [0.1, 0.15) is 11.9 Å². The van der Waals surface area contributed by atoms with E-state index in [0.717, 1.165) is 11.4 Å². The maximum atomic E-state index is 9.85. The molecular weight excluding hydrogens is 266 g/mol. The normalized spacial score (nSPS) is 12.1. The second kappa shape index (κ2) is 6.35. The molecule has 0 radical (unpaired) electrons. The number of nitrogens with one attached hydrogen (secondary N) is 2. The van der Waals surface area contributed by atoms with Crippen molar-refractivity contribution in [2.75, 3.05) is 18.5 Å². The Balaban J connectivity index is 1.94. The summed E-state index contributed by atoms with van der Waals surface area (Å²) in [6.07, 6.45) is -0.872. The van der Waals surface area contributed by atoms with Crippen molar-refractivity contribution in [3.05, 3.63) is 35.0 Å². The Hall–Kier alpha value is -1.86. The summed E-state index contributed by atoms with van der Waals surface area (Å²) in [5.74, 6) is 0.942. The largest absolute Gasteiger partial charge is 0.494 e. The van der Waals surface area contributed by atoms with Crippen LogP contribution in [0.25, 0.3) is 0 Å². The van der Waals surface area contributed by atoms with Gasteiger partial charge in [-0.3, -0.25) is 0 Å². The maximum absolute atomic E-state index is 9.85. The number of aliphatic hydroxyl groups is 1. The van der Waals surface area contributed by atoms with Crippen molar-refractivity contribution in [3.8, 4) is 5.75 Å². The number of hydrogen-bond acceptors (Lipinski definition) is 6. The SMILES string of the molecule is CCOc1cccc(NCC(O)c2n[nH]c(=S)o2)c1. The van der Waals surface area contributed by atoms with Crippen LogP contribution in [0.5, 0.6) is 5.75 Å². The molecule has 1 heterocycles. The van der Waals surface area contributed by atoms with Gasteiger partial charge in [0.25, 0.3) is 4.84 Å². The Morgan fingerprint density at radius 3 is 3.11 bits per heavy atom. The highest BCUT2D eigenvalue weighted by molar-refractivity contribution is 7.71. The standard InChI is InChI=1S/C12H15N3O3S/c1-2-17-9-5-3-4-8(6-9)13-7-10(16)11-14-15-12(19)18-11/h3-6,10,13,16H,2,7H2,1H3,(H,15,19). The van der Waals surface area contributed by atoms with Gasteiger partial charge in [-0.15, -0.1) is 5.10 Å². The number of benzene rings is 1. The van der Waals surface area contributed by atoms with E-state index < -0.39 is 6.10 Å². The van der Waals surface area contributed by atoms with Crippen LogP contribution in [0, 0.1) is 4.84 Å². The number of hydrogen-bond donors (Lipinski definition) is 3. The molecule has 1 atom stereocenters. The molecule has 0 amide bonds. The number of aromatic amines is 1. The number of anilines is 1. The van der Waals surface area contributed by atoms with Crippen molar-refractivity contribution >= 4 is 17.9 Å². The van der Waals surface area contributed by atoms with Crippen LogP contribution in [-0.4, -0.2) is 28.5 Å². The van der Waals surface area contributed by atoms with Crippen LogP contribution in [0.4, 0.5) is 5.69 Å². The number of rotatable bonds is 6. The van der Waals surface area contributed by atoms with Crippen molar-refractivity contribution in [3.63, 3.8) is 0 Å². The van der Waals surface area contributed by atoms with Crippen molar-refractivity contribution in [2.24, 2.45) is 0 Å². The van der Waals surface area contributed by atoms with E-state index in [1.165, 1.54) is 0 Å². The fourth-order valence-electron chi connectivity index (χ4n) is 1.55. The highest BCUT2D eigenvalue weighted by atomic mass is 32.1. The van der Waals surface area contributed by atoms with Crippen LogP contribution in [0.3, 0.4) is 0 Å². The zero-order chi connectivity index (χ0) is 13.7. The molecule has 0 bridgehead atoms. The van der Waals surface area contributed by atoms with Gasteiger partial charge in [0.2, 0.25) is 5.89 Å². The van der Waals surface area contributed by atoms with E-state index in [0.29, 0.717) is 6.61 Å². The number of aromatic nitrogens is 2. The number of aliphatic hydroxyl groups excluding tert-OH is 1. The van der Waals surface area contributed by atoms with E-state index in [-0.39, 0.29) is 17.3 Å². The zero-order valence-electron chi connectivity index (χ0n) is 10.4. The van der Waals surface area contributed by atoms with Crippen LogP contribution in [0.1, 0.15) is 18.9 Å². The Bertz CT molecular complexity index is 581. The summed E-state index contributed by atoms with van der Waals surface area (Å²) in [7, 11) is 0. The summed E-state index contributed by atoms with van der Waals surface area (Å²) < 4.78 is 10.4. The minimum Gasteiger partial charge on any atom is -0.494 e. The molecule has 0 fully saturated rings. The maximum Gasteiger partial charge on any atom is 0.284 e. The molecule has 3 N–H and O–H groups in total. The lowest BCUT2D eigenvalue weighted by Crippen LogP contribution is -2.12. The Morgan fingerprint density at radius 2 is 2.42 bits per heavy atom. The van der Waals surface area contributed by atoms with Gasteiger partial charge in [0.15, 0.2) is 0 Å². The van der Waals surface area contributed by atoms with Crippen LogP contribution in [0.15, 0.2) is 28.7 Å². The van der Waals surface area contributed by atoms with E-state index in [1.807, 2.05) is 31.2 Å². The first kappa shape index (κ1) is 13.6. The lowest BCUT2D eigenvalue weighted by molar-refractivity contribution is 0.155. The van der Waals surface area contributed by atoms with Crippen LogP contribution in [0.2, 0.25) is 0 Å². The van der Waals surface area contributed by atoms with Crippen molar-refractivity contribution < 1.29 is 14.3 Å². The van der Waals surface area contributed by atoms with Crippen LogP contribution >= 0.6 is 12.2 Å². The zero-order valence-corrected chi connectivity index (χ0v) is 11.2. The summed E-state index contributed by atoms with van der Waals surface area (Å²) in [5.41, 5.74) is 0.846. The van der Waals surface area contributed by atoms with Gasteiger partial charge in [-0.25, -0.2) is 5.10 Å². The number of nitrogens with zero attached hydrogens (tertiary/aromatic N) is 1. The lowest BCUT2D eigenvalue weighted by atomic mass is 10.3. The van der Waals surface area contributed by atoms with Crippen molar-refractivity contribution in [1.29, 1.82) is 0 Å². The summed E-state index contributed by atoms with van der Waals surface area (Å²) in [4.78, 5) is 0.146. The van der Waals surface area contributed by atoms with E-state index in [9.17, 15) is 5.11 Å². The molecule has 0 aliphatic heterocycles. The molecule has 1 aromatic carbocycles. The first-order valence-electron chi connectivity index (χ1n) is 5.89. The highest BCUT2D eigenvalue weighted by Crippen LogP contribution is 2.18. The Morgan fingerprint density at radius 1 is 1.58 bits per heavy atom. The van der Waals surface area contributed by atoms with Gasteiger partial charge in [0.05, 0.1) is 6.61 Å². The third-order valence-corrected chi connectivity index (χ3v) is 2.56. The van der Waals surface area contributed by atoms with Gasteiger partial charge < -0.3 is 19.6 Å². The summed E-state index contributed by atoms with van der Waals surface area (Å²) in [6.45, 7) is 2.80. The fraction of sp³-hybridized carbons (Fsp3) is 0.333. The first-order chi connectivity index (χ1) is 9.19. The second-order valence-electron chi connectivity index (χ2n) is 3.81. The average Bonchev–Trinajstić information content (AvgIpc) is 2.84. The van der Waals surface area contributed by atoms with Gasteiger partial charge in [-0.05, 0) is 31.3 Å². The van der Waals surface area contributed by atoms with Crippen LogP contribution < -0.4 is 10.1 Å². The predicted molar refractivity (Wildman–Crippen MR) is 72.7 cm³/mol. The molecule has 1 unspecified atom stereocenters. The van der Waals surface area contributed by atoms with E-state index in [4.69, 9.17) is 21.4 Å². The molecule has 6 nitrogen and oxygen atoms in total. The van der Waals surface area contributed by atoms with Gasteiger partial charge >= 0.3 is 0 Å². The smallest absolute Gasteiger partial charge is 0.284 e.